The van der Waals surface area contributed by atoms with Crippen LogP contribution in [0.2, 0.25) is 0 Å². The molecule has 0 radical (unpaired) electrons. The Labute approximate surface area is 192 Å². The molecule has 0 N–H and O–H groups in total. The van der Waals surface area contributed by atoms with Crippen LogP contribution in [-0.2, 0) is 11.4 Å². The van der Waals surface area contributed by atoms with Gasteiger partial charge >= 0.3 is 0 Å². The fourth-order valence-electron chi connectivity index (χ4n) is 3.42. The van der Waals surface area contributed by atoms with Crippen molar-refractivity contribution >= 4 is 39.4 Å². The molecule has 0 saturated carbocycles. The lowest BCUT2D eigenvalue weighted by Gasteiger charge is -2.13. The molecule has 0 unspecified atom stereocenters. The van der Waals surface area contributed by atoms with Crippen LogP contribution in [0.4, 0.5) is 5.69 Å². The number of imidazole rings is 1. The minimum atomic E-state index is 0.313. The topological polar surface area (TPSA) is 91.3 Å². The van der Waals surface area contributed by atoms with Gasteiger partial charge in [-0.25, -0.2) is 9.50 Å². The number of ether oxygens (including phenoxy) is 3. The maximum absolute atomic E-state index is 11.1. The van der Waals surface area contributed by atoms with E-state index in [4.69, 9.17) is 18.6 Å². The number of benzene rings is 2. The van der Waals surface area contributed by atoms with E-state index in [9.17, 15) is 4.79 Å². The van der Waals surface area contributed by atoms with Crippen molar-refractivity contribution in [3.8, 4) is 28.1 Å². The lowest BCUT2D eigenvalue weighted by molar-refractivity contribution is -0.107. The van der Waals surface area contributed by atoms with Crippen molar-refractivity contribution in [2.75, 3.05) is 26.2 Å². The van der Waals surface area contributed by atoms with Gasteiger partial charge in [-0.3, -0.25) is 4.79 Å². The first-order chi connectivity index (χ1) is 16.1. The molecule has 3 heterocycles. The Balaban J connectivity index is 1.47. The highest BCUT2D eigenvalue weighted by Crippen LogP contribution is 2.37. The Morgan fingerprint density at radius 1 is 1.18 bits per heavy atom. The van der Waals surface area contributed by atoms with Gasteiger partial charge in [0.25, 0.3) is 5.19 Å². The minimum Gasteiger partial charge on any atom is -0.496 e. The molecular formula is C23H20N4O5S. The van der Waals surface area contributed by atoms with Crippen molar-refractivity contribution < 1.29 is 23.4 Å². The molecule has 0 aliphatic heterocycles. The van der Waals surface area contributed by atoms with Crippen molar-refractivity contribution in [2.24, 2.45) is 0 Å². The summed E-state index contributed by atoms with van der Waals surface area (Å²) >= 11 is 1.35. The van der Waals surface area contributed by atoms with Gasteiger partial charge in [-0.05, 0) is 35.1 Å². The number of anilines is 1. The molecule has 0 atom stereocenters. The van der Waals surface area contributed by atoms with Crippen LogP contribution in [0.1, 0.15) is 5.56 Å². The Morgan fingerprint density at radius 3 is 2.82 bits per heavy atom. The first-order valence-electron chi connectivity index (χ1n) is 10.00. The van der Waals surface area contributed by atoms with Gasteiger partial charge in [0, 0.05) is 24.9 Å². The van der Waals surface area contributed by atoms with E-state index >= 15 is 0 Å². The third kappa shape index (κ3) is 3.96. The van der Waals surface area contributed by atoms with Crippen molar-refractivity contribution in [2.45, 2.75) is 6.61 Å². The predicted molar refractivity (Wildman–Crippen MR) is 124 cm³/mol. The van der Waals surface area contributed by atoms with Crippen molar-refractivity contribution in [3.05, 3.63) is 54.2 Å². The molecule has 0 aliphatic carbocycles. The zero-order valence-corrected chi connectivity index (χ0v) is 19.0. The Bertz CT molecular complexity index is 1420. The van der Waals surface area contributed by atoms with Crippen LogP contribution in [0.3, 0.4) is 0 Å². The van der Waals surface area contributed by atoms with Gasteiger partial charge in [-0.15, -0.1) is 5.10 Å². The standard InChI is InChI=1S/C23H20N4O5S/c1-26(13-28)15-6-4-5-14(7-15)12-31-19-8-16(29-2)9-20-17(19)10-21(32-20)18-11-27-22(24-18)33-23(25-27)30-3/h4-11,13H,12H2,1-3H3. The molecule has 10 heteroatoms. The molecule has 0 spiro atoms. The summed E-state index contributed by atoms with van der Waals surface area (Å²) in [6.45, 7) is 0.313. The average molecular weight is 465 g/mol. The van der Waals surface area contributed by atoms with E-state index in [-0.39, 0.29) is 0 Å². The molecule has 33 heavy (non-hydrogen) atoms. The Hall–Kier alpha value is -4.05. The van der Waals surface area contributed by atoms with Gasteiger partial charge in [0.1, 0.15) is 29.4 Å². The average Bonchev–Trinajstić information content (AvgIpc) is 3.54. The normalized spacial score (nSPS) is 11.1. The Morgan fingerprint density at radius 2 is 2.06 bits per heavy atom. The van der Waals surface area contributed by atoms with Gasteiger partial charge in [-0.1, -0.05) is 12.1 Å². The maximum atomic E-state index is 11.1. The van der Waals surface area contributed by atoms with Crippen LogP contribution < -0.4 is 19.1 Å². The second-order valence-electron chi connectivity index (χ2n) is 7.25. The second-order valence-corrected chi connectivity index (χ2v) is 8.17. The molecule has 0 bridgehead atoms. The lowest BCUT2D eigenvalue weighted by Crippen LogP contribution is -2.13. The minimum absolute atomic E-state index is 0.313. The fraction of sp³-hybridized carbons (Fsp3) is 0.174. The number of carbonyl (C=O) groups excluding carboxylic acids is 1. The zero-order chi connectivity index (χ0) is 22.9. The first kappa shape index (κ1) is 20.8. The summed E-state index contributed by atoms with van der Waals surface area (Å²) in [6.07, 6.45) is 2.56. The van der Waals surface area contributed by atoms with Gasteiger partial charge < -0.3 is 23.5 Å². The molecular weight excluding hydrogens is 444 g/mol. The maximum Gasteiger partial charge on any atom is 0.294 e. The second kappa shape index (κ2) is 8.47. The van der Waals surface area contributed by atoms with E-state index in [1.165, 1.54) is 16.2 Å². The van der Waals surface area contributed by atoms with Gasteiger partial charge in [0.2, 0.25) is 11.4 Å². The zero-order valence-electron chi connectivity index (χ0n) is 18.1. The van der Waals surface area contributed by atoms with E-state index in [0.717, 1.165) is 23.0 Å². The Kier molecular flexibility index (Phi) is 5.35. The molecule has 9 nitrogen and oxygen atoms in total. The van der Waals surface area contributed by atoms with Crippen LogP contribution in [0.15, 0.2) is 53.1 Å². The number of furan rings is 1. The van der Waals surface area contributed by atoms with Crippen molar-refractivity contribution in [1.29, 1.82) is 0 Å². The molecule has 168 valence electrons. The molecule has 0 fully saturated rings. The van der Waals surface area contributed by atoms with Gasteiger partial charge in [0.05, 0.1) is 25.8 Å². The molecule has 1 amide bonds. The summed E-state index contributed by atoms with van der Waals surface area (Å²) < 4.78 is 24.5. The summed E-state index contributed by atoms with van der Waals surface area (Å²) in [5.74, 6) is 1.83. The number of rotatable bonds is 8. The highest BCUT2D eigenvalue weighted by atomic mass is 32.1. The summed E-state index contributed by atoms with van der Waals surface area (Å²) in [6, 6.07) is 13.1. The number of carbonyl (C=O) groups is 1. The van der Waals surface area contributed by atoms with Gasteiger partial charge in [-0.2, -0.15) is 0 Å². The summed E-state index contributed by atoms with van der Waals surface area (Å²) in [5.41, 5.74) is 2.99. The highest BCUT2D eigenvalue weighted by molar-refractivity contribution is 7.18. The third-order valence-electron chi connectivity index (χ3n) is 5.13. The summed E-state index contributed by atoms with van der Waals surface area (Å²) in [4.78, 5) is 17.9. The van der Waals surface area contributed by atoms with Crippen LogP contribution >= 0.6 is 11.3 Å². The largest absolute Gasteiger partial charge is 0.496 e. The SMILES string of the molecule is COc1cc(OCc2cccc(N(C)C=O)c2)c2cc(-c3cn4nc(OC)sc4n3)oc2c1. The number of fused-ring (bicyclic) bond motifs is 2. The number of methoxy groups -OCH3 is 2. The third-order valence-corrected chi connectivity index (χ3v) is 6.01. The highest BCUT2D eigenvalue weighted by Gasteiger charge is 2.17. The van der Waals surface area contributed by atoms with Crippen LogP contribution in [0.5, 0.6) is 16.7 Å². The molecule has 5 aromatic rings. The number of amides is 1. The molecule has 0 aliphatic rings. The van der Waals surface area contributed by atoms with E-state index in [0.29, 0.717) is 45.3 Å². The summed E-state index contributed by atoms with van der Waals surface area (Å²) in [5, 5.41) is 5.64. The van der Waals surface area contributed by atoms with Gasteiger partial charge in [0.15, 0.2) is 5.76 Å². The molecule has 0 saturated heterocycles. The van der Waals surface area contributed by atoms with Crippen LogP contribution in [-0.4, -0.2) is 42.3 Å². The van der Waals surface area contributed by atoms with Crippen molar-refractivity contribution in [1.82, 2.24) is 14.6 Å². The lowest BCUT2D eigenvalue weighted by atomic mass is 10.2. The predicted octanol–water partition coefficient (Wildman–Crippen LogP) is 4.39. The number of aromatic nitrogens is 3. The number of nitrogens with zero attached hydrogens (tertiary/aromatic N) is 4. The quantitative estimate of drug-likeness (QED) is 0.315. The van der Waals surface area contributed by atoms with E-state index in [2.05, 4.69) is 10.1 Å². The van der Waals surface area contributed by atoms with E-state index < -0.39 is 0 Å². The number of hydrogen-bond donors (Lipinski definition) is 0. The first-order valence-corrected chi connectivity index (χ1v) is 10.8. The van der Waals surface area contributed by atoms with E-state index in [1.807, 2.05) is 42.5 Å². The molecule has 3 aromatic heterocycles. The number of hydrogen-bond acceptors (Lipinski definition) is 8. The molecule has 5 rings (SSSR count). The summed E-state index contributed by atoms with van der Waals surface area (Å²) in [7, 11) is 4.87. The van der Waals surface area contributed by atoms with Crippen LogP contribution in [0.25, 0.3) is 27.4 Å². The molecule has 2 aromatic carbocycles. The van der Waals surface area contributed by atoms with Crippen molar-refractivity contribution in [3.63, 3.8) is 0 Å². The monoisotopic (exact) mass is 464 g/mol. The fourth-order valence-corrected chi connectivity index (χ4v) is 4.12. The van der Waals surface area contributed by atoms with Crippen LogP contribution in [0, 0.1) is 0 Å². The smallest absolute Gasteiger partial charge is 0.294 e. The van der Waals surface area contributed by atoms with E-state index in [1.54, 1.807) is 32.0 Å².